The first-order valence-corrected chi connectivity index (χ1v) is 7.54. The normalized spacial score (nSPS) is 12.7. The first-order chi connectivity index (χ1) is 9.80. The summed E-state index contributed by atoms with van der Waals surface area (Å²) in [6, 6.07) is 8.25. The minimum Gasteiger partial charge on any atom is -0.334 e. The van der Waals surface area contributed by atoms with Crippen LogP contribution >= 0.6 is 0 Å². The van der Waals surface area contributed by atoms with Gasteiger partial charge in [0.1, 0.15) is 0 Å². The maximum atomic E-state index is 6.31. The van der Waals surface area contributed by atoms with Crippen molar-refractivity contribution in [3.05, 3.63) is 35.7 Å². The topological polar surface area (TPSA) is 64.9 Å². The number of nitrogens with zero attached hydrogens (tertiary/aromatic N) is 2. The van der Waals surface area contributed by atoms with Gasteiger partial charge < -0.3 is 10.3 Å². The molecular weight excluding hydrogens is 262 g/mol. The predicted molar refractivity (Wildman–Crippen MR) is 84.9 cm³/mol. The maximum Gasteiger partial charge on any atom is 0.257 e. The summed E-state index contributed by atoms with van der Waals surface area (Å²) >= 11 is 0. The van der Waals surface area contributed by atoms with Crippen molar-refractivity contribution in [2.75, 3.05) is 0 Å². The summed E-state index contributed by atoms with van der Waals surface area (Å²) < 4.78 is 5.38. The number of hydrogen-bond donors (Lipinski definition) is 1. The number of aromatic nitrogens is 2. The van der Waals surface area contributed by atoms with Crippen LogP contribution in [0.1, 0.15) is 58.8 Å². The Kier molecular flexibility index (Phi) is 4.19. The summed E-state index contributed by atoms with van der Waals surface area (Å²) in [5.41, 5.74) is 8.14. The molecule has 1 aromatic heterocycles. The van der Waals surface area contributed by atoms with Crippen LogP contribution in [0, 0.1) is 0 Å². The third kappa shape index (κ3) is 3.16. The molecule has 2 N–H and O–H groups in total. The molecule has 2 rings (SSSR count). The van der Waals surface area contributed by atoms with Gasteiger partial charge >= 0.3 is 0 Å². The Labute approximate surface area is 126 Å². The van der Waals surface area contributed by atoms with Gasteiger partial charge in [0.2, 0.25) is 0 Å². The maximum absolute atomic E-state index is 6.31. The zero-order valence-electron chi connectivity index (χ0n) is 13.6. The standard InChI is InChI=1S/C17H25N3O/c1-6-17(18,7-2)15-19-14(21-20-15)12-8-10-13(11-9-12)16(3,4)5/h8-11H,6-7,18H2,1-5H3. The van der Waals surface area contributed by atoms with Crippen LogP contribution in [0.2, 0.25) is 0 Å². The average molecular weight is 287 g/mol. The SMILES string of the molecule is CCC(N)(CC)c1noc(-c2ccc(C(C)(C)C)cc2)n1. The van der Waals surface area contributed by atoms with E-state index in [4.69, 9.17) is 10.3 Å². The Balaban J connectivity index is 2.30. The van der Waals surface area contributed by atoms with E-state index in [1.807, 2.05) is 26.0 Å². The third-order valence-corrected chi connectivity index (χ3v) is 4.13. The Hall–Kier alpha value is -1.68. The second-order valence-corrected chi connectivity index (χ2v) is 6.61. The summed E-state index contributed by atoms with van der Waals surface area (Å²) in [5, 5.41) is 4.07. The lowest BCUT2D eigenvalue weighted by Crippen LogP contribution is -2.36. The zero-order chi connectivity index (χ0) is 15.7. The first kappa shape index (κ1) is 15.7. The molecule has 21 heavy (non-hydrogen) atoms. The highest BCUT2D eigenvalue weighted by Crippen LogP contribution is 2.28. The van der Waals surface area contributed by atoms with Gasteiger partial charge in [0.15, 0.2) is 5.82 Å². The van der Waals surface area contributed by atoms with Gasteiger partial charge in [-0.05, 0) is 36.0 Å². The average Bonchev–Trinajstić information content (AvgIpc) is 2.96. The zero-order valence-corrected chi connectivity index (χ0v) is 13.6. The molecule has 2 aromatic rings. The van der Waals surface area contributed by atoms with Crippen molar-refractivity contribution < 1.29 is 4.52 Å². The predicted octanol–water partition coefficient (Wildman–Crippen LogP) is 4.01. The van der Waals surface area contributed by atoms with Gasteiger partial charge in [-0.15, -0.1) is 0 Å². The number of benzene rings is 1. The van der Waals surface area contributed by atoms with Crippen LogP contribution in [0.3, 0.4) is 0 Å². The summed E-state index contributed by atoms with van der Waals surface area (Å²) in [4.78, 5) is 4.48. The minimum absolute atomic E-state index is 0.134. The molecule has 0 amide bonds. The van der Waals surface area contributed by atoms with Crippen LogP contribution in [-0.2, 0) is 11.0 Å². The number of hydrogen-bond acceptors (Lipinski definition) is 4. The van der Waals surface area contributed by atoms with Crippen molar-refractivity contribution in [1.82, 2.24) is 10.1 Å². The van der Waals surface area contributed by atoms with Gasteiger partial charge in [0.25, 0.3) is 5.89 Å². The lowest BCUT2D eigenvalue weighted by molar-refractivity contribution is 0.350. The molecule has 0 saturated carbocycles. The van der Waals surface area contributed by atoms with E-state index in [2.05, 4.69) is 43.0 Å². The third-order valence-electron chi connectivity index (χ3n) is 4.13. The van der Waals surface area contributed by atoms with E-state index in [1.54, 1.807) is 0 Å². The van der Waals surface area contributed by atoms with Crippen molar-refractivity contribution in [2.24, 2.45) is 5.73 Å². The van der Waals surface area contributed by atoms with E-state index in [9.17, 15) is 0 Å². The van der Waals surface area contributed by atoms with Crippen LogP contribution in [0.5, 0.6) is 0 Å². The van der Waals surface area contributed by atoms with Crippen LogP contribution in [0.4, 0.5) is 0 Å². The molecule has 114 valence electrons. The Morgan fingerprint density at radius 3 is 2.10 bits per heavy atom. The van der Waals surface area contributed by atoms with Crippen molar-refractivity contribution >= 4 is 0 Å². The van der Waals surface area contributed by atoms with Crippen LogP contribution in [0.15, 0.2) is 28.8 Å². The lowest BCUT2D eigenvalue weighted by Gasteiger charge is -2.21. The molecule has 0 aliphatic carbocycles. The molecule has 0 saturated heterocycles. The summed E-state index contributed by atoms with van der Waals surface area (Å²) in [6.07, 6.45) is 1.57. The molecule has 0 aliphatic rings. The van der Waals surface area contributed by atoms with Gasteiger partial charge in [-0.3, -0.25) is 0 Å². The van der Waals surface area contributed by atoms with Crippen molar-refractivity contribution in [3.8, 4) is 11.5 Å². The molecule has 0 fully saturated rings. The van der Waals surface area contributed by atoms with Gasteiger partial charge in [-0.2, -0.15) is 4.98 Å². The van der Waals surface area contributed by atoms with E-state index < -0.39 is 5.54 Å². The molecule has 0 bridgehead atoms. The smallest absolute Gasteiger partial charge is 0.257 e. The van der Waals surface area contributed by atoms with Crippen molar-refractivity contribution in [2.45, 2.75) is 58.4 Å². The summed E-state index contributed by atoms with van der Waals surface area (Å²) in [7, 11) is 0. The highest BCUT2D eigenvalue weighted by atomic mass is 16.5. The minimum atomic E-state index is -0.507. The molecule has 4 heteroatoms. The molecule has 1 aromatic carbocycles. The highest BCUT2D eigenvalue weighted by Gasteiger charge is 2.29. The Morgan fingerprint density at radius 1 is 1.05 bits per heavy atom. The van der Waals surface area contributed by atoms with Crippen LogP contribution < -0.4 is 5.73 Å². The fraction of sp³-hybridized carbons (Fsp3) is 0.529. The van der Waals surface area contributed by atoms with E-state index in [1.165, 1.54) is 5.56 Å². The van der Waals surface area contributed by atoms with E-state index in [-0.39, 0.29) is 5.41 Å². The van der Waals surface area contributed by atoms with Crippen molar-refractivity contribution in [1.29, 1.82) is 0 Å². The van der Waals surface area contributed by atoms with Gasteiger partial charge in [-0.1, -0.05) is 51.9 Å². The van der Waals surface area contributed by atoms with E-state index in [0.717, 1.165) is 18.4 Å². The molecule has 0 spiro atoms. The fourth-order valence-corrected chi connectivity index (χ4v) is 2.22. The van der Waals surface area contributed by atoms with Gasteiger partial charge in [-0.25, -0.2) is 0 Å². The van der Waals surface area contributed by atoms with E-state index >= 15 is 0 Å². The molecule has 1 heterocycles. The quantitative estimate of drug-likeness (QED) is 0.922. The summed E-state index contributed by atoms with van der Waals surface area (Å²) in [5.74, 6) is 1.12. The molecule has 4 nitrogen and oxygen atoms in total. The second-order valence-electron chi connectivity index (χ2n) is 6.61. The van der Waals surface area contributed by atoms with Crippen molar-refractivity contribution in [3.63, 3.8) is 0 Å². The monoisotopic (exact) mass is 287 g/mol. The molecule has 0 aliphatic heterocycles. The lowest BCUT2D eigenvalue weighted by atomic mass is 9.87. The van der Waals surface area contributed by atoms with E-state index in [0.29, 0.717) is 11.7 Å². The molecular formula is C17H25N3O. The number of rotatable bonds is 4. The fourth-order valence-electron chi connectivity index (χ4n) is 2.22. The van der Waals surface area contributed by atoms with Gasteiger partial charge in [0, 0.05) is 5.56 Å². The first-order valence-electron chi connectivity index (χ1n) is 7.54. The van der Waals surface area contributed by atoms with Crippen LogP contribution in [0.25, 0.3) is 11.5 Å². The largest absolute Gasteiger partial charge is 0.334 e. The second kappa shape index (κ2) is 5.60. The molecule has 0 radical (unpaired) electrons. The number of nitrogens with two attached hydrogens (primary N) is 1. The molecule has 0 atom stereocenters. The van der Waals surface area contributed by atoms with Gasteiger partial charge in [0.05, 0.1) is 5.54 Å². The van der Waals surface area contributed by atoms with Crippen LogP contribution in [-0.4, -0.2) is 10.1 Å². The Bertz CT molecular complexity index is 589. The Morgan fingerprint density at radius 2 is 1.62 bits per heavy atom. The summed E-state index contributed by atoms with van der Waals surface area (Å²) in [6.45, 7) is 10.7. The molecule has 0 unspecified atom stereocenters. The highest BCUT2D eigenvalue weighted by molar-refractivity contribution is 5.54.